The van der Waals surface area contributed by atoms with Crippen LogP contribution in [-0.2, 0) is 0 Å². The Hall–Kier alpha value is -1.27. The van der Waals surface area contributed by atoms with Crippen LogP contribution in [0.2, 0.25) is 0 Å². The molecule has 20 heavy (non-hydrogen) atoms. The van der Waals surface area contributed by atoms with Crippen molar-refractivity contribution in [1.82, 2.24) is 5.32 Å². The van der Waals surface area contributed by atoms with Gasteiger partial charge < -0.3 is 11.1 Å². The summed E-state index contributed by atoms with van der Waals surface area (Å²) in [5.74, 6) is -4.73. The highest BCUT2D eigenvalue weighted by molar-refractivity contribution is 5.94. The third-order valence-corrected chi connectivity index (χ3v) is 3.55. The van der Waals surface area contributed by atoms with E-state index in [0.29, 0.717) is 12.1 Å². The molecule has 1 aliphatic rings. The average Bonchev–Trinajstić information content (AvgIpc) is 3.19. The normalized spacial score (nSPS) is 17.1. The van der Waals surface area contributed by atoms with Crippen LogP contribution in [0.3, 0.4) is 0 Å². The Morgan fingerprint density at radius 2 is 1.85 bits per heavy atom. The molecule has 1 saturated carbocycles. The topological polar surface area (TPSA) is 55.1 Å². The fourth-order valence-electron chi connectivity index (χ4n) is 2.06. The number of amides is 1. The molecule has 2 rings (SSSR count). The van der Waals surface area contributed by atoms with E-state index in [9.17, 15) is 18.0 Å². The molecule has 0 aliphatic heterocycles. The fourth-order valence-corrected chi connectivity index (χ4v) is 2.06. The van der Waals surface area contributed by atoms with E-state index in [4.69, 9.17) is 5.73 Å². The summed E-state index contributed by atoms with van der Waals surface area (Å²) in [5, 5.41) is 2.68. The fraction of sp³-hybridized carbons (Fsp3) is 0.462. The van der Waals surface area contributed by atoms with Gasteiger partial charge in [-0.2, -0.15) is 0 Å². The van der Waals surface area contributed by atoms with Crippen LogP contribution in [0.15, 0.2) is 12.1 Å². The van der Waals surface area contributed by atoms with Crippen LogP contribution in [0, 0.1) is 23.4 Å². The molecule has 3 N–H and O–H groups in total. The van der Waals surface area contributed by atoms with Gasteiger partial charge in [-0.05, 0) is 37.8 Å². The minimum absolute atomic E-state index is 0. The quantitative estimate of drug-likeness (QED) is 0.839. The number of halogens is 4. The van der Waals surface area contributed by atoms with Crippen molar-refractivity contribution in [3.8, 4) is 0 Å². The summed E-state index contributed by atoms with van der Waals surface area (Å²) >= 11 is 0. The largest absolute Gasteiger partial charge is 0.345 e. The van der Waals surface area contributed by atoms with E-state index < -0.39 is 28.9 Å². The summed E-state index contributed by atoms with van der Waals surface area (Å²) in [6.07, 6.45) is 1.92. The Balaban J connectivity index is 0.00000200. The van der Waals surface area contributed by atoms with Crippen molar-refractivity contribution in [2.75, 3.05) is 6.54 Å². The van der Waals surface area contributed by atoms with Gasteiger partial charge in [0.05, 0.1) is 5.54 Å². The molecule has 1 aliphatic carbocycles. The van der Waals surface area contributed by atoms with Gasteiger partial charge in [-0.1, -0.05) is 0 Å². The molecule has 1 amide bonds. The summed E-state index contributed by atoms with van der Waals surface area (Å²) < 4.78 is 38.9. The minimum atomic E-state index is -1.58. The lowest BCUT2D eigenvalue weighted by Gasteiger charge is -2.29. The summed E-state index contributed by atoms with van der Waals surface area (Å²) in [7, 11) is 0. The second-order valence-electron chi connectivity index (χ2n) is 5.10. The standard InChI is InChI=1S/C13H15F3N2O.ClH/c1-13(6-17,8-2-3-8)18-12(19)7-4-9(14)11(16)10(15)5-7;/h4-5,8H,2-3,6,17H2,1H3,(H,18,19);1H. The Labute approximate surface area is 121 Å². The lowest BCUT2D eigenvalue weighted by Crippen LogP contribution is -2.53. The Bertz CT molecular complexity index is 499. The zero-order valence-corrected chi connectivity index (χ0v) is 11.7. The number of hydrogen-bond acceptors (Lipinski definition) is 2. The van der Waals surface area contributed by atoms with Gasteiger partial charge in [-0.3, -0.25) is 4.79 Å². The third kappa shape index (κ3) is 3.24. The predicted molar refractivity (Wildman–Crippen MR) is 71.2 cm³/mol. The van der Waals surface area contributed by atoms with Crippen molar-refractivity contribution in [3.63, 3.8) is 0 Å². The second-order valence-corrected chi connectivity index (χ2v) is 5.10. The van der Waals surface area contributed by atoms with Gasteiger partial charge in [-0.25, -0.2) is 13.2 Å². The molecule has 7 heteroatoms. The second kappa shape index (κ2) is 6.01. The summed E-state index contributed by atoms with van der Waals surface area (Å²) in [6, 6.07) is 1.36. The first kappa shape index (κ1) is 16.8. The van der Waals surface area contributed by atoms with E-state index in [1.807, 2.05) is 0 Å². The van der Waals surface area contributed by atoms with Gasteiger partial charge in [0, 0.05) is 12.1 Å². The molecule has 0 radical (unpaired) electrons. The van der Waals surface area contributed by atoms with E-state index in [2.05, 4.69) is 5.32 Å². The van der Waals surface area contributed by atoms with Gasteiger partial charge >= 0.3 is 0 Å². The number of benzene rings is 1. The van der Waals surface area contributed by atoms with Gasteiger partial charge in [0.2, 0.25) is 0 Å². The molecule has 1 fully saturated rings. The molecule has 0 heterocycles. The average molecular weight is 309 g/mol. The van der Waals surface area contributed by atoms with E-state index >= 15 is 0 Å². The first-order valence-electron chi connectivity index (χ1n) is 6.04. The molecule has 1 unspecified atom stereocenters. The van der Waals surface area contributed by atoms with E-state index in [-0.39, 0.29) is 30.4 Å². The Kier molecular flexibility index (Phi) is 5.05. The number of nitrogens with one attached hydrogen (secondary N) is 1. The van der Waals surface area contributed by atoms with Crippen LogP contribution in [0.5, 0.6) is 0 Å². The first-order chi connectivity index (χ1) is 8.87. The molecule has 0 aromatic heterocycles. The molecule has 1 atom stereocenters. The van der Waals surface area contributed by atoms with Crippen molar-refractivity contribution in [2.45, 2.75) is 25.3 Å². The zero-order chi connectivity index (χ0) is 14.2. The van der Waals surface area contributed by atoms with E-state index in [0.717, 1.165) is 12.8 Å². The van der Waals surface area contributed by atoms with Crippen LogP contribution in [0.1, 0.15) is 30.1 Å². The molecule has 3 nitrogen and oxygen atoms in total. The lowest BCUT2D eigenvalue weighted by molar-refractivity contribution is 0.0896. The Morgan fingerprint density at radius 3 is 2.25 bits per heavy atom. The number of carbonyl (C=O) groups is 1. The summed E-state index contributed by atoms with van der Waals surface area (Å²) in [4.78, 5) is 11.9. The lowest BCUT2D eigenvalue weighted by atomic mass is 9.95. The van der Waals surface area contributed by atoms with Crippen LogP contribution in [-0.4, -0.2) is 18.0 Å². The van der Waals surface area contributed by atoms with Gasteiger partial charge in [0.1, 0.15) is 0 Å². The van der Waals surface area contributed by atoms with Gasteiger partial charge in [0.15, 0.2) is 17.5 Å². The van der Waals surface area contributed by atoms with Crippen molar-refractivity contribution < 1.29 is 18.0 Å². The van der Waals surface area contributed by atoms with Gasteiger partial charge in [0.25, 0.3) is 5.91 Å². The molecule has 1 aromatic carbocycles. The SMILES string of the molecule is CC(CN)(NC(=O)c1cc(F)c(F)c(F)c1)C1CC1.Cl. The van der Waals surface area contributed by atoms with Crippen molar-refractivity contribution in [1.29, 1.82) is 0 Å². The molecule has 1 aromatic rings. The van der Waals surface area contributed by atoms with Crippen LogP contribution < -0.4 is 11.1 Å². The monoisotopic (exact) mass is 308 g/mol. The number of carbonyl (C=O) groups excluding carboxylic acids is 1. The van der Waals surface area contributed by atoms with E-state index in [1.54, 1.807) is 6.92 Å². The maximum absolute atomic E-state index is 13.1. The number of rotatable bonds is 4. The van der Waals surface area contributed by atoms with Gasteiger partial charge in [-0.15, -0.1) is 12.4 Å². The number of hydrogen-bond donors (Lipinski definition) is 2. The third-order valence-electron chi connectivity index (χ3n) is 3.55. The van der Waals surface area contributed by atoms with Crippen molar-refractivity contribution >= 4 is 18.3 Å². The summed E-state index contributed by atoms with van der Waals surface area (Å²) in [5.41, 5.74) is 4.78. The highest BCUT2D eigenvalue weighted by Crippen LogP contribution is 2.39. The summed E-state index contributed by atoms with van der Waals surface area (Å²) in [6.45, 7) is 2.02. The number of nitrogens with two attached hydrogens (primary N) is 1. The smallest absolute Gasteiger partial charge is 0.251 e. The molecule has 0 bridgehead atoms. The van der Waals surface area contributed by atoms with Crippen molar-refractivity contribution in [2.24, 2.45) is 11.7 Å². The molecular formula is C13H16ClF3N2O. The molecule has 0 saturated heterocycles. The maximum atomic E-state index is 13.1. The van der Waals surface area contributed by atoms with Crippen molar-refractivity contribution in [3.05, 3.63) is 35.1 Å². The maximum Gasteiger partial charge on any atom is 0.251 e. The van der Waals surface area contributed by atoms with E-state index in [1.165, 1.54) is 0 Å². The predicted octanol–water partition coefficient (Wildman–Crippen LogP) is 2.38. The molecular weight excluding hydrogens is 293 g/mol. The molecule has 0 spiro atoms. The highest BCUT2D eigenvalue weighted by Gasteiger charge is 2.41. The Morgan fingerprint density at radius 1 is 1.35 bits per heavy atom. The molecule has 112 valence electrons. The zero-order valence-electron chi connectivity index (χ0n) is 10.9. The minimum Gasteiger partial charge on any atom is -0.345 e. The van der Waals surface area contributed by atoms with Crippen LogP contribution in [0.4, 0.5) is 13.2 Å². The first-order valence-corrected chi connectivity index (χ1v) is 6.04. The highest BCUT2D eigenvalue weighted by atomic mass is 35.5. The van der Waals surface area contributed by atoms with Crippen LogP contribution >= 0.6 is 12.4 Å². The van der Waals surface area contributed by atoms with Crippen LogP contribution in [0.25, 0.3) is 0 Å².